The molecule has 23 heavy (non-hydrogen) atoms. The number of rotatable bonds is 12. The minimum atomic E-state index is 0. The quantitative estimate of drug-likeness (QED) is 0.401. The number of aromatic amines is 1. The molecule has 2 N–H and O–H groups in total. The van der Waals surface area contributed by atoms with Gasteiger partial charge in [-0.15, -0.1) is 12.4 Å². The van der Waals surface area contributed by atoms with Crippen molar-refractivity contribution in [3.63, 3.8) is 0 Å². The molecule has 0 saturated heterocycles. The van der Waals surface area contributed by atoms with Gasteiger partial charge in [-0.25, -0.2) is 5.48 Å². The first kappa shape index (κ1) is 20.0. The summed E-state index contributed by atoms with van der Waals surface area (Å²) in [6, 6.07) is 8.43. The number of para-hydroxylation sites is 1. The third kappa shape index (κ3) is 7.38. The molecular formula is C19H31ClN2O. The molecule has 3 nitrogen and oxygen atoms in total. The van der Waals surface area contributed by atoms with Crippen LogP contribution in [0.2, 0.25) is 0 Å². The minimum absolute atomic E-state index is 0. The second-order valence-electron chi connectivity index (χ2n) is 5.97. The molecule has 2 aromatic rings. The smallest absolute Gasteiger partial charge is 0.0682 e. The Hall–Kier alpha value is -1.03. The highest BCUT2D eigenvalue weighted by atomic mass is 35.5. The maximum Gasteiger partial charge on any atom is 0.0682 e. The van der Waals surface area contributed by atoms with Crippen molar-refractivity contribution >= 4 is 23.3 Å². The summed E-state index contributed by atoms with van der Waals surface area (Å²) >= 11 is 0. The van der Waals surface area contributed by atoms with E-state index in [0.717, 1.165) is 26.0 Å². The molecule has 130 valence electrons. The van der Waals surface area contributed by atoms with Crippen molar-refractivity contribution in [3.8, 4) is 0 Å². The fourth-order valence-electron chi connectivity index (χ4n) is 2.80. The lowest BCUT2D eigenvalue weighted by Gasteiger charge is -2.05. The third-order valence-corrected chi connectivity index (χ3v) is 4.12. The van der Waals surface area contributed by atoms with Crippen LogP contribution in [-0.2, 0) is 11.3 Å². The van der Waals surface area contributed by atoms with Crippen LogP contribution in [0.15, 0.2) is 30.5 Å². The van der Waals surface area contributed by atoms with Crippen molar-refractivity contribution in [3.05, 3.63) is 36.0 Å². The highest BCUT2D eigenvalue weighted by Gasteiger charge is 2.01. The molecule has 0 unspecified atom stereocenters. The molecule has 0 aliphatic heterocycles. The van der Waals surface area contributed by atoms with E-state index in [1.54, 1.807) is 0 Å². The Morgan fingerprint density at radius 2 is 1.74 bits per heavy atom. The summed E-state index contributed by atoms with van der Waals surface area (Å²) in [5, 5.41) is 1.32. The molecule has 1 aromatic heterocycles. The zero-order valence-electron chi connectivity index (χ0n) is 14.3. The standard InChI is InChI=1S/C19H30N2O.ClH/c1-2-3-4-5-6-7-10-15-22-21-14-13-17-16-20-19-12-9-8-11-18(17)19;/h8-9,11-12,16,20-21H,2-7,10,13-15H2,1H3;1H. The van der Waals surface area contributed by atoms with Gasteiger partial charge in [0, 0.05) is 23.6 Å². The van der Waals surface area contributed by atoms with Gasteiger partial charge in [0.25, 0.3) is 0 Å². The number of unbranched alkanes of at least 4 members (excludes halogenated alkanes) is 6. The van der Waals surface area contributed by atoms with Crippen LogP contribution >= 0.6 is 12.4 Å². The molecule has 0 aliphatic rings. The molecule has 0 fully saturated rings. The van der Waals surface area contributed by atoms with Gasteiger partial charge in [-0.1, -0.05) is 63.6 Å². The molecule has 0 amide bonds. The molecule has 0 radical (unpaired) electrons. The Morgan fingerprint density at radius 3 is 2.57 bits per heavy atom. The van der Waals surface area contributed by atoms with Crippen molar-refractivity contribution in [2.24, 2.45) is 0 Å². The van der Waals surface area contributed by atoms with E-state index in [2.05, 4.69) is 47.9 Å². The normalized spacial score (nSPS) is 10.8. The number of halogens is 1. The minimum Gasteiger partial charge on any atom is -0.361 e. The topological polar surface area (TPSA) is 37.0 Å². The van der Waals surface area contributed by atoms with Crippen LogP contribution in [0.3, 0.4) is 0 Å². The number of hydroxylamine groups is 1. The average Bonchev–Trinajstić information content (AvgIpc) is 2.96. The van der Waals surface area contributed by atoms with E-state index in [0.29, 0.717) is 0 Å². The first-order valence-corrected chi connectivity index (χ1v) is 8.81. The summed E-state index contributed by atoms with van der Waals surface area (Å²) in [6.07, 6.45) is 12.3. The van der Waals surface area contributed by atoms with Gasteiger partial charge in [-0.2, -0.15) is 0 Å². The molecule has 0 saturated carbocycles. The first-order valence-electron chi connectivity index (χ1n) is 8.81. The molecule has 2 rings (SSSR count). The lowest BCUT2D eigenvalue weighted by Crippen LogP contribution is -2.18. The molecule has 1 aromatic carbocycles. The summed E-state index contributed by atoms with van der Waals surface area (Å²) < 4.78 is 0. The monoisotopic (exact) mass is 338 g/mol. The zero-order chi connectivity index (χ0) is 15.5. The second kappa shape index (κ2) is 12.4. The van der Waals surface area contributed by atoms with Crippen molar-refractivity contribution in [1.29, 1.82) is 0 Å². The Kier molecular flexibility index (Phi) is 10.8. The average molecular weight is 339 g/mol. The van der Waals surface area contributed by atoms with Crippen LogP contribution < -0.4 is 5.48 Å². The van der Waals surface area contributed by atoms with Crippen molar-refractivity contribution in [2.75, 3.05) is 13.2 Å². The number of fused-ring (bicyclic) bond motifs is 1. The van der Waals surface area contributed by atoms with Gasteiger partial charge in [-0.05, 0) is 24.5 Å². The Balaban J connectivity index is 0.00000264. The summed E-state index contributed by atoms with van der Waals surface area (Å²) in [5.74, 6) is 0. The van der Waals surface area contributed by atoms with Crippen LogP contribution in [0.5, 0.6) is 0 Å². The van der Waals surface area contributed by atoms with E-state index in [-0.39, 0.29) is 12.4 Å². The second-order valence-corrected chi connectivity index (χ2v) is 5.97. The number of benzene rings is 1. The van der Waals surface area contributed by atoms with E-state index in [1.807, 2.05) is 0 Å². The van der Waals surface area contributed by atoms with Crippen LogP contribution in [0.4, 0.5) is 0 Å². The van der Waals surface area contributed by atoms with Crippen molar-refractivity contribution in [2.45, 2.75) is 58.3 Å². The summed E-state index contributed by atoms with van der Waals surface area (Å²) in [6.45, 7) is 3.94. The number of H-pyrrole nitrogens is 1. The molecule has 0 spiro atoms. The summed E-state index contributed by atoms with van der Waals surface area (Å²) in [5.41, 5.74) is 5.65. The Bertz CT molecular complexity index is 527. The van der Waals surface area contributed by atoms with Crippen LogP contribution in [0.1, 0.15) is 57.4 Å². The number of nitrogens with one attached hydrogen (secondary N) is 2. The van der Waals surface area contributed by atoms with Crippen molar-refractivity contribution < 1.29 is 4.84 Å². The number of aromatic nitrogens is 1. The van der Waals surface area contributed by atoms with Crippen LogP contribution in [0.25, 0.3) is 10.9 Å². The highest BCUT2D eigenvalue weighted by molar-refractivity contribution is 5.85. The van der Waals surface area contributed by atoms with Crippen LogP contribution in [0, 0.1) is 0 Å². The molecule has 1 heterocycles. The van der Waals surface area contributed by atoms with E-state index in [4.69, 9.17) is 4.84 Å². The van der Waals surface area contributed by atoms with Gasteiger partial charge in [0.2, 0.25) is 0 Å². The predicted octanol–water partition coefficient (Wildman–Crippen LogP) is 5.40. The molecule has 4 heteroatoms. The van der Waals surface area contributed by atoms with Gasteiger partial charge >= 0.3 is 0 Å². The maximum absolute atomic E-state index is 5.51. The third-order valence-electron chi connectivity index (χ3n) is 4.12. The SMILES string of the molecule is CCCCCCCCCONCCc1c[nH]c2ccccc12.Cl. The van der Waals surface area contributed by atoms with Crippen molar-refractivity contribution in [1.82, 2.24) is 10.5 Å². The number of hydrogen-bond donors (Lipinski definition) is 2. The molecule has 0 atom stereocenters. The molecule has 0 aliphatic carbocycles. The van der Waals surface area contributed by atoms with Gasteiger partial charge < -0.3 is 9.82 Å². The number of hydrogen-bond acceptors (Lipinski definition) is 2. The van der Waals surface area contributed by atoms with E-state index >= 15 is 0 Å². The molecular weight excluding hydrogens is 308 g/mol. The highest BCUT2D eigenvalue weighted by Crippen LogP contribution is 2.17. The Morgan fingerprint density at radius 1 is 1.00 bits per heavy atom. The van der Waals surface area contributed by atoms with E-state index < -0.39 is 0 Å². The van der Waals surface area contributed by atoms with E-state index in [9.17, 15) is 0 Å². The van der Waals surface area contributed by atoms with Gasteiger partial charge in [0.05, 0.1) is 6.61 Å². The lowest BCUT2D eigenvalue weighted by atomic mass is 10.1. The Labute approximate surface area is 146 Å². The fraction of sp³-hybridized carbons (Fsp3) is 0.579. The zero-order valence-corrected chi connectivity index (χ0v) is 15.1. The van der Waals surface area contributed by atoms with Gasteiger partial charge in [-0.3, -0.25) is 0 Å². The van der Waals surface area contributed by atoms with Gasteiger partial charge in [0.15, 0.2) is 0 Å². The maximum atomic E-state index is 5.51. The predicted molar refractivity (Wildman–Crippen MR) is 101 cm³/mol. The summed E-state index contributed by atoms with van der Waals surface area (Å²) in [7, 11) is 0. The van der Waals surface area contributed by atoms with E-state index in [1.165, 1.54) is 55.0 Å². The molecule has 0 bridgehead atoms. The lowest BCUT2D eigenvalue weighted by molar-refractivity contribution is 0.0393. The van der Waals surface area contributed by atoms with Crippen LogP contribution in [-0.4, -0.2) is 18.1 Å². The van der Waals surface area contributed by atoms with Gasteiger partial charge in [0.1, 0.15) is 0 Å². The fourth-order valence-corrected chi connectivity index (χ4v) is 2.80. The summed E-state index contributed by atoms with van der Waals surface area (Å²) in [4.78, 5) is 8.82. The largest absolute Gasteiger partial charge is 0.361 e. The first-order chi connectivity index (χ1) is 10.9.